The lowest BCUT2D eigenvalue weighted by Crippen LogP contribution is -2.39. The molecular weight excluding hydrogens is 338 g/mol. The summed E-state index contributed by atoms with van der Waals surface area (Å²) in [6.07, 6.45) is 4.23. The fourth-order valence-corrected chi connectivity index (χ4v) is 4.08. The van der Waals surface area contributed by atoms with Crippen molar-refractivity contribution in [2.75, 3.05) is 43.1 Å². The summed E-state index contributed by atoms with van der Waals surface area (Å²) in [6, 6.07) is 14.5. The fraction of sp³-hybridized carbons (Fsp3) is 0.409. The number of hydrogen-bond acceptors (Lipinski definition) is 3. The van der Waals surface area contributed by atoms with Crippen molar-refractivity contribution in [1.82, 2.24) is 5.32 Å². The molecule has 0 aliphatic carbocycles. The van der Waals surface area contributed by atoms with E-state index in [9.17, 15) is 4.79 Å². The van der Waals surface area contributed by atoms with Crippen LogP contribution in [0.1, 0.15) is 24.0 Å². The number of carbonyl (C=O) groups excluding carboxylic acids is 1. The Kier molecular flexibility index (Phi) is 5.19. The molecule has 2 aliphatic heterocycles. The number of anilines is 2. The molecule has 1 N–H and O–H groups in total. The number of amides is 2. The van der Waals surface area contributed by atoms with Gasteiger partial charge < -0.3 is 15.0 Å². The second-order valence-corrected chi connectivity index (χ2v) is 7.20. The summed E-state index contributed by atoms with van der Waals surface area (Å²) in [5.41, 5.74) is 4.73. The molecule has 2 aromatic rings. The topological polar surface area (TPSA) is 44.8 Å². The zero-order valence-corrected chi connectivity index (χ0v) is 15.9. The maximum Gasteiger partial charge on any atom is 0.321 e. The number of fused-ring (bicyclic) bond motifs is 1. The van der Waals surface area contributed by atoms with Gasteiger partial charge in [0.1, 0.15) is 5.75 Å². The minimum absolute atomic E-state index is 0.0161. The highest BCUT2D eigenvalue weighted by Crippen LogP contribution is 2.32. The van der Waals surface area contributed by atoms with Crippen LogP contribution in [-0.2, 0) is 12.8 Å². The summed E-state index contributed by atoms with van der Waals surface area (Å²) in [4.78, 5) is 17.0. The van der Waals surface area contributed by atoms with Gasteiger partial charge >= 0.3 is 6.03 Å². The maximum absolute atomic E-state index is 12.7. The Morgan fingerprint density at radius 1 is 1.11 bits per heavy atom. The molecule has 0 aromatic heterocycles. The monoisotopic (exact) mass is 365 g/mol. The highest BCUT2D eigenvalue weighted by Gasteiger charge is 2.25. The molecule has 0 bridgehead atoms. The molecule has 4 rings (SSSR count). The molecule has 5 heteroatoms. The quantitative estimate of drug-likeness (QED) is 0.880. The van der Waals surface area contributed by atoms with Crippen molar-refractivity contribution >= 4 is 17.4 Å². The average molecular weight is 365 g/mol. The standard InChI is InChI=1S/C22H27N3O2/c1-27-21-7-3-2-6-17(21)10-12-23-22(26)25-15-11-18-16-19(8-9-20(18)25)24-13-4-5-14-24/h2-3,6-9,16H,4-5,10-15H2,1H3,(H,23,26). The SMILES string of the molecule is COc1ccccc1CCNC(=O)N1CCc2cc(N3CCCC3)ccc21. The van der Waals surface area contributed by atoms with Gasteiger partial charge in [0.25, 0.3) is 0 Å². The van der Waals surface area contributed by atoms with Gasteiger partial charge in [-0.2, -0.15) is 0 Å². The number of rotatable bonds is 5. The molecule has 5 nitrogen and oxygen atoms in total. The molecule has 0 saturated carbocycles. The van der Waals surface area contributed by atoms with Crippen LogP contribution in [0.15, 0.2) is 42.5 Å². The zero-order valence-electron chi connectivity index (χ0n) is 15.9. The van der Waals surface area contributed by atoms with E-state index >= 15 is 0 Å². The minimum Gasteiger partial charge on any atom is -0.496 e. The normalized spacial score (nSPS) is 15.7. The first kappa shape index (κ1) is 17.7. The molecule has 0 unspecified atom stereocenters. The number of benzene rings is 2. The number of carbonyl (C=O) groups is 1. The van der Waals surface area contributed by atoms with Gasteiger partial charge in [0, 0.05) is 37.6 Å². The smallest absolute Gasteiger partial charge is 0.321 e. The summed E-state index contributed by atoms with van der Waals surface area (Å²) < 4.78 is 5.38. The van der Waals surface area contributed by atoms with E-state index in [1.165, 1.54) is 24.1 Å². The van der Waals surface area contributed by atoms with Crippen molar-refractivity contribution in [2.24, 2.45) is 0 Å². The van der Waals surface area contributed by atoms with E-state index in [0.717, 1.165) is 49.5 Å². The minimum atomic E-state index is -0.0161. The maximum atomic E-state index is 12.7. The summed E-state index contributed by atoms with van der Waals surface area (Å²) in [5.74, 6) is 0.868. The molecule has 0 atom stereocenters. The first-order valence-electron chi connectivity index (χ1n) is 9.81. The molecule has 27 heavy (non-hydrogen) atoms. The molecule has 0 radical (unpaired) electrons. The van der Waals surface area contributed by atoms with E-state index in [2.05, 4.69) is 28.4 Å². The van der Waals surface area contributed by atoms with Crippen LogP contribution in [0.5, 0.6) is 5.75 Å². The molecule has 2 aliphatic rings. The number of nitrogens with zero attached hydrogens (tertiary/aromatic N) is 2. The third-order valence-electron chi connectivity index (χ3n) is 5.54. The predicted octanol–water partition coefficient (Wildman–Crippen LogP) is 3.61. The van der Waals surface area contributed by atoms with E-state index in [0.29, 0.717) is 6.54 Å². The van der Waals surface area contributed by atoms with E-state index in [4.69, 9.17) is 4.74 Å². The first-order chi connectivity index (χ1) is 13.3. The van der Waals surface area contributed by atoms with Crippen molar-refractivity contribution in [2.45, 2.75) is 25.7 Å². The largest absolute Gasteiger partial charge is 0.496 e. The van der Waals surface area contributed by atoms with Crippen LogP contribution in [0.3, 0.4) is 0 Å². The van der Waals surface area contributed by atoms with Crippen molar-refractivity contribution in [1.29, 1.82) is 0 Å². The molecule has 2 heterocycles. The van der Waals surface area contributed by atoms with Gasteiger partial charge in [-0.15, -0.1) is 0 Å². The number of nitrogens with one attached hydrogen (secondary N) is 1. The molecule has 2 aromatic carbocycles. The van der Waals surface area contributed by atoms with E-state index in [-0.39, 0.29) is 6.03 Å². The number of urea groups is 1. The summed E-state index contributed by atoms with van der Waals surface area (Å²) >= 11 is 0. The Balaban J connectivity index is 1.37. The van der Waals surface area contributed by atoms with E-state index in [1.807, 2.05) is 29.2 Å². The Morgan fingerprint density at radius 2 is 1.93 bits per heavy atom. The number of methoxy groups -OCH3 is 1. The Hall–Kier alpha value is -2.69. The van der Waals surface area contributed by atoms with E-state index in [1.54, 1.807) is 7.11 Å². The Morgan fingerprint density at radius 3 is 2.74 bits per heavy atom. The number of para-hydroxylation sites is 1. The van der Waals surface area contributed by atoms with Crippen LogP contribution < -0.4 is 19.9 Å². The van der Waals surface area contributed by atoms with Gasteiger partial charge in [-0.1, -0.05) is 18.2 Å². The summed E-state index contributed by atoms with van der Waals surface area (Å²) in [5, 5.41) is 3.06. The zero-order chi connectivity index (χ0) is 18.6. The second-order valence-electron chi connectivity index (χ2n) is 7.20. The van der Waals surface area contributed by atoms with Gasteiger partial charge in [0.05, 0.1) is 7.11 Å². The molecular formula is C22H27N3O2. The van der Waals surface area contributed by atoms with Gasteiger partial charge in [-0.3, -0.25) is 4.90 Å². The number of hydrogen-bond donors (Lipinski definition) is 1. The molecule has 0 spiro atoms. The van der Waals surface area contributed by atoms with Crippen LogP contribution in [0.2, 0.25) is 0 Å². The molecule has 1 fully saturated rings. The third-order valence-corrected chi connectivity index (χ3v) is 5.54. The molecule has 2 amide bonds. The average Bonchev–Trinajstić information content (AvgIpc) is 3.37. The lowest BCUT2D eigenvalue weighted by molar-refractivity contribution is 0.247. The first-order valence-corrected chi connectivity index (χ1v) is 9.81. The fourth-order valence-electron chi connectivity index (χ4n) is 4.08. The summed E-state index contributed by atoms with van der Waals surface area (Å²) in [7, 11) is 1.68. The van der Waals surface area contributed by atoms with Crippen LogP contribution >= 0.6 is 0 Å². The van der Waals surface area contributed by atoms with Crippen LogP contribution in [0.4, 0.5) is 16.2 Å². The van der Waals surface area contributed by atoms with Gasteiger partial charge in [-0.25, -0.2) is 4.79 Å². The second kappa shape index (κ2) is 7.91. The van der Waals surface area contributed by atoms with Crippen molar-refractivity contribution in [3.8, 4) is 5.75 Å². The lowest BCUT2D eigenvalue weighted by atomic mass is 10.1. The number of ether oxygens (including phenoxy) is 1. The molecule has 142 valence electrons. The Labute approximate surface area is 160 Å². The van der Waals surface area contributed by atoms with Crippen LogP contribution in [-0.4, -0.2) is 39.3 Å². The van der Waals surface area contributed by atoms with Gasteiger partial charge in [0.15, 0.2) is 0 Å². The highest BCUT2D eigenvalue weighted by atomic mass is 16.5. The third kappa shape index (κ3) is 3.72. The van der Waals surface area contributed by atoms with Crippen LogP contribution in [0, 0.1) is 0 Å². The predicted molar refractivity (Wildman–Crippen MR) is 109 cm³/mol. The molecule has 1 saturated heterocycles. The van der Waals surface area contributed by atoms with Crippen molar-refractivity contribution in [3.05, 3.63) is 53.6 Å². The van der Waals surface area contributed by atoms with Gasteiger partial charge in [0.2, 0.25) is 0 Å². The van der Waals surface area contributed by atoms with Crippen molar-refractivity contribution < 1.29 is 9.53 Å². The Bertz CT molecular complexity index is 815. The van der Waals surface area contributed by atoms with E-state index < -0.39 is 0 Å². The highest BCUT2D eigenvalue weighted by molar-refractivity contribution is 5.94. The van der Waals surface area contributed by atoms with Gasteiger partial charge in [-0.05, 0) is 61.1 Å². The van der Waals surface area contributed by atoms with Crippen LogP contribution in [0.25, 0.3) is 0 Å². The van der Waals surface area contributed by atoms with Crippen molar-refractivity contribution in [3.63, 3.8) is 0 Å². The lowest BCUT2D eigenvalue weighted by Gasteiger charge is -2.21. The summed E-state index contributed by atoms with van der Waals surface area (Å²) in [6.45, 7) is 3.63.